The molecule has 0 heterocycles. The van der Waals surface area contributed by atoms with Crippen LogP contribution in [0.15, 0.2) is 30.3 Å². The van der Waals surface area contributed by atoms with E-state index in [2.05, 4.69) is 0 Å². The number of hydrogen-bond acceptors (Lipinski definition) is 0. The quantitative estimate of drug-likeness (QED) is 0.402. The van der Waals surface area contributed by atoms with Gasteiger partial charge in [0.05, 0.1) is 0 Å². The van der Waals surface area contributed by atoms with Crippen LogP contribution in [0.2, 0.25) is 0 Å². The fourth-order valence-corrected chi connectivity index (χ4v) is 0.745. The molecule has 1 aromatic carbocycles. The normalized spacial score (nSPS) is 9.12. The van der Waals surface area contributed by atoms with Gasteiger partial charge in [-0.3, -0.25) is 0 Å². The van der Waals surface area contributed by atoms with Crippen LogP contribution in [0.3, 0.4) is 0 Å². The summed E-state index contributed by atoms with van der Waals surface area (Å²) in [5, 5.41) is 0. The van der Waals surface area contributed by atoms with Crippen molar-refractivity contribution in [3.8, 4) is 0 Å². The minimum Gasteiger partial charge on any atom is -0.122 e. The molecule has 42 valence electrons. The highest BCUT2D eigenvalue weighted by atomic mass is 35.5. The Morgan fingerprint density at radius 2 is 1.75 bits per heavy atom. The van der Waals surface area contributed by atoms with E-state index >= 15 is 0 Å². The lowest BCUT2D eigenvalue weighted by molar-refractivity contribution is 1.41. The first-order valence-corrected chi connectivity index (χ1v) is 3.07. The molecule has 0 N–H and O–H groups in total. The van der Waals surface area contributed by atoms with Crippen molar-refractivity contribution in [2.45, 2.75) is 5.88 Å². The zero-order valence-electron chi connectivity index (χ0n) is 4.47. The SMILES string of the molecule is Cl[13CH2]c1ccccc1. The van der Waals surface area contributed by atoms with Crippen molar-refractivity contribution in [1.82, 2.24) is 0 Å². The molecular formula is C7H7Cl. The van der Waals surface area contributed by atoms with E-state index in [0.717, 1.165) is 0 Å². The maximum absolute atomic E-state index is 5.53. The molecule has 0 unspecified atom stereocenters. The standard InChI is InChI=1S/C7H7Cl/c8-6-7-4-2-1-3-5-7/h1-5H,6H2/i6+1. The molecule has 0 radical (unpaired) electrons. The van der Waals surface area contributed by atoms with Crippen molar-refractivity contribution >= 4 is 11.6 Å². The maximum Gasteiger partial charge on any atom is 0.0474 e. The number of alkyl halides is 1. The van der Waals surface area contributed by atoms with Gasteiger partial charge in [-0.1, -0.05) is 30.3 Å². The molecule has 0 aliphatic rings. The summed E-state index contributed by atoms with van der Waals surface area (Å²) >= 11 is 5.53. The maximum atomic E-state index is 5.53. The Hall–Kier alpha value is -0.490. The highest BCUT2D eigenvalue weighted by molar-refractivity contribution is 6.17. The van der Waals surface area contributed by atoms with E-state index in [-0.39, 0.29) is 0 Å². The van der Waals surface area contributed by atoms with Crippen LogP contribution in [0.5, 0.6) is 0 Å². The molecule has 0 spiro atoms. The van der Waals surface area contributed by atoms with Crippen LogP contribution in [0.4, 0.5) is 0 Å². The average Bonchev–Trinajstić information content (AvgIpc) is 1.90. The summed E-state index contributed by atoms with van der Waals surface area (Å²) in [5.74, 6) is 0.612. The Balaban J connectivity index is 2.83. The summed E-state index contributed by atoms with van der Waals surface area (Å²) in [4.78, 5) is 0. The minimum atomic E-state index is 0.612. The van der Waals surface area contributed by atoms with Gasteiger partial charge in [-0.15, -0.1) is 11.6 Å². The molecule has 0 atom stereocenters. The lowest BCUT2D eigenvalue weighted by atomic mass is 10.3. The summed E-state index contributed by atoms with van der Waals surface area (Å²) in [5.41, 5.74) is 1.18. The fraction of sp³-hybridized carbons (Fsp3) is 0.143. The first kappa shape index (κ1) is 5.64. The van der Waals surface area contributed by atoms with Crippen LogP contribution in [0, 0.1) is 0 Å². The van der Waals surface area contributed by atoms with Gasteiger partial charge in [0, 0.05) is 5.88 Å². The minimum absolute atomic E-state index is 0.612. The third kappa shape index (κ3) is 1.24. The molecule has 8 heavy (non-hydrogen) atoms. The third-order valence-electron chi connectivity index (χ3n) is 0.997. The topological polar surface area (TPSA) is 0 Å². The molecule has 0 bridgehead atoms. The monoisotopic (exact) mass is 127 g/mol. The van der Waals surface area contributed by atoms with Crippen LogP contribution in [0.1, 0.15) is 5.56 Å². The highest BCUT2D eigenvalue weighted by Crippen LogP contribution is 2.00. The van der Waals surface area contributed by atoms with E-state index in [1.807, 2.05) is 30.3 Å². The Kier molecular flexibility index (Phi) is 1.93. The molecule has 0 saturated carbocycles. The highest BCUT2D eigenvalue weighted by Gasteiger charge is 1.81. The number of benzene rings is 1. The summed E-state index contributed by atoms with van der Waals surface area (Å²) in [6, 6.07) is 9.96. The molecule has 0 aromatic heterocycles. The Morgan fingerprint density at radius 1 is 1.12 bits per heavy atom. The first-order valence-electron chi connectivity index (χ1n) is 2.53. The molecule has 0 aliphatic heterocycles. The lowest BCUT2D eigenvalue weighted by Gasteiger charge is -1.88. The molecule has 0 aliphatic carbocycles. The second-order valence-electron chi connectivity index (χ2n) is 1.62. The number of rotatable bonds is 1. The Labute approximate surface area is 54.1 Å². The van der Waals surface area contributed by atoms with Crippen molar-refractivity contribution in [3.63, 3.8) is 0 Å². The van der Waals surface area contributed by atoms with Gasteiger partial charge in [-0.25, -0.2) is 0 Å². The molecule has 1 rings (SSSR count). The zero-order chi connectivity index (χ0) is 5.82. The summed E-state index contributed by atoms with van der Waals surface area (Å²) in [6.07, 6.45) is 0. The molecular weight excluding hydrogens is 121 g/mol. The van der Waals surface area contributed by atoms with Crippen LogP contribution < -0.4 is 0 Å². The smallest absolute Gasteiger partial charge is 0.0474 e. The predicted octanol–water partition coefficient (Wildman–Crippen LogP) is 2.43. The number of halogens is 1. The molecule has 1 heteroatoms. The van der Waals surface area contributed by atoms with Gasteiger partial charge in [0.25, 0.3) is 0 Å². The largest absolute Gasteiger partial charge is 0.122 e. The van der Waals surface area contributed by atoms with Gasteiger partial charge < -0.3 is 0 Å². The Morgan fingerprint density at radius 3 is 2.12 bits per heavy atom. The first-order chi connectivity index (χ1) is 3.93. The van der Waals surface area contributed by atoms with Gasteiger partial charge in [-0.05, 0) is 5.56 Å². The van der Waals surface area contributed by atoms with E-state index in [1.54, 1.807) is 0 Å². The average molecular weight is 128 g/mol. The van der Waals surface area contributed by atoms with Crippen molar-refractivity contribution < 1.29 is 0 Å². The molecule has 1 aromatic rings. The van der Waals surface area contributed by atoms with Crippen LogP contribution in [0.25, 0.3) is 0 Å². The van der Waals surface area contributed by atoms with Gasteiger partial charge >= 0.3 is 0 Å². The third-order valence-corrected chi connectivity index (χ3v) is 1.31. The van der Waals surface area contributed by atoms with Crippen LogP contribution in [-0.4, -0.2) is 0 Å². The Bertz CT molecular complexity index is 146. The fourth-order valence-electron chi connectivity index (χ4n) is 0.567. The van der Waals surface area contributed by atoms with E-state index in [0.29, 0.717) is 5.88 Å². The van der Waals surface area contributed by atoms with Gasteiger partial charge in [0.2, 0.25) is 0 Å². The van der Waals surface area contributed by atoms with Gasteiger partial charge in [0.15, 0.2) is 0 Å². The zero-order valence-corrected chi connectivity index (χ0v) is 5.23. The van der Waals surface area contributed by atoms with E-state index in [4.69, 9.17) is 11.6 Å². The van der Waals surface area contributed by atoms with Crippen molar-refractivity contribution in [3.05, 3.63) is 35.9 Å². The van der Waals surface area contributed by atoms with E-state index < -0.39 is 0 Å². The van der Waals surface area contributed by atoms with Crippen LogP contribution in [-0.2, 0) is 5.88 Å². The predicted molar refractivity (Wildman–Crippen MR) is 36.0 cm³/mol. The molecule has 0 nitrogen and oxygen atoms in total. The summed E-state index contributed by atoms with van der Waals surface area (Å²) in [7, 11) is 0. The van der Waals surface area contributed by atoms with E-state index in [1.165, 1.54) is 5.56 Å². The van der Waals surface area contributed by atoms with Gasteiger partial charge in [-0.2, -0.15) is 0 Å². The second-order valence-corrected chi connectivity index (χ2v) is 1.89. The van der Waals surface area contributed by atoms with Crippen molar-refractivity contribution in [2.75, 3.05) is 0 Å². The molecule has 0 fully saturated rings. The second kappa shape index (κ2) is 2.73. The van der Waals surface area contributed by atoms with Crippen LogP contribution >= 0.6 is 11.6 Å². The summed E-state index contributed by atoms with van der Waals surface area (Å²) in [6.45, 7) is 0. The van der Waals surface area contributed by atoms with Crippen molar-refractivity contribution in [1.29, 1.82) is 0 Å². The number of hydrogen-bond donors (Lipinski definition) is 0. The lowest BCUT2D eigenvalue weighted by Crippen LogP contribution is -1.71. The van der Waals surface area contributed by atoms with E-state index in [9.17, 15) is 0 Å². The summed E-state index contributed by atoms with van der Waals surface area (Å²) < 4.78 is 0. The van der Waals surface area contributed by atoms with Gasteiger partial charge in [0.1, 0.15) is 0 Å². The van der Waals surface area contributed by atoms with Crippen molar-refractivity contribution in [2.24, 2.45) is 0 Å². The molecule has 0 saturated heterocycles. The molecule has 0 amide bonds.